The third-order valence-electron chi connectivity index (χ3n) is 4.46. The Morgan fingerprint density at radius 2 is 2.00 bits per heavy atom. The van der Waals surface area contributed by atoms with Crippen molar-refractivity contribution in [2.75, 3.05) is 5.32 Å². The fourth-order valence-electron chi connectivity index (χ4n) is 2.94. The van der Waals surface area contributed by atoms with E-state index >= 15 is 0 Å². The first-order valence-electron chi connectivity index (χ1n) is 9.11. The summed E-state index contributed by atoms with van der Waals surface area (Å²) in [5, 5.41) is 14.1. The highest BCUT2D eigenvalue weighted by Gasteiger charge is 2.19. The molecule has 0 aliphatic heterocycles. The van der Waals surface area contributed by atoms with Crippen molar-refractivity contribution in [1.82, 2.24) is 24.9 Å². The summed E-state index contributed by atoms with van der Waals surface area (Å²) in [6, 6.07) is 6.53. The minimum Gasteiger partial charge on any atom is -0.360 e. The highest BCUT2D eigenvalue weighted by molar-refractivity contribution is 6.33. The van der Waals surface area contributed by atoms with Gasteiger partial charge in [-0.25, -0.2) is 24.3 Å². The molecule has 0 amide bonds. The van der Waals surface area contributed by atoms with Gasteiger partial charge < -0.3 is 10.3 Å². The van der Waals surface area contributed by atoms with E-state index in [1.165, 1.54) is 30.5 Å². The summed E-state index contributed by atoms with van der Waals surface area (Å²) in [6.07, 6.45) is 6.05. The van der Waals surface area contributed by atoms with Crippen LogP contribution in [0.25, 0.3) is 22.6 Å². The molecule has 156 valence electrons. The molecular weight excluding hydrogens is 425 g/mol. The molecule has 1 atom stereocenters. The van der Waals surface area contributed by atoms with Crippen molar-refractivity contribution in [1.29, 1.82) is 0 Å². The van der Waals surface area contributed by atoms with Crippen molar-refractivity contribution >= 4 is 23.1 Å². The summed E-state index contributed by atoms with van der Waals surface area (Å²) in [4.78, 5) is 30.7. The van der Waals surface area contributed by atoms with Crippen molar-refractivity contribution in [2.45, 2.75) is 13.0 Å². The number of imidazole rings is 1. The van der Waals surface area contributed by atoms with Gasteiger partial charge in [-0.15, -0.1) is 0 Å². The SMILES string of the molecule is CC(Nc1ccc([N+](=O)[O-])cn1)c1ncc(-c2ncc[nH]2)c(-c2ccc(F)cc2Cl)n1. The molecule has 0 bridgehead atoms. The maximum Gasteiger partial charge on any atom is 0.287 e. The van der Waals surface area contributed by atoms with Crippen LogP contribution < -0.4 is 5.32 Å². The lowest BCUT2D eigenvalue weighted by Gasteiger charge is -2.16. The van der Waals surface area contributed by atoms with Crippen LogP contribution in [-0.4, -0.2) is 29.8 Å². The van der Waals surface area contributed by atoms with E-state index in [1.54, 1.807) is 24.7 Å². The van der Waals surface area contributed by atoms with E-state index in [0.717, 1.165) is 0 Å². The highest BCUT2D eigenvalue weighted by atomic mass is 35.5. The van der Waals surface area contributed by atoms with Gasteiger partial charge in [0, 0.05) is 30.2 Å². The fourth-order valence-corrected chi connectivity index (χ4v) is 3.20. The van der Waals surface area contributed by atoms with Gasteiger partial charge in [0.1, 0.15) is 23.7 Å². The molecule has 9 nitrogen and oxygen atoms in total. The van der Waals surface area contributed by atoms with Crippen LogP contribution in [-0.2, 0) is 0 Å². The second-order valence-corrected chi connectivity index (χ2v) is 6.98. The number of nitrogens with one attached hydrogen (secondary N) is 2. The number of nitrogens with zero attached hydrogens (tertiary/aromatic N) is 5. The van der Waals surface area contributed by atoms with Gasteiger partial charge in [0.25, 0.3) is 5.69 Å². The summed E-state index contributed by atoms with van der Waals surface area (Å²) < 4.78 is 13.6. The van der Waals surface area contributed by atoms with Gasteiger partial charge in [-0.1, -0.05) is 11.6 Å². The van der Waals surface area contributed by atoms with E-state index < -0.39 is 16.8 Å². The van der Waals surface area contributed by atoms with Crippen LogP contribution >= 0.6 is 11.6 Å². The third-order valence-corrected chi connectivity index (χ3v) is 4.77. The molecule has 2 N–H and O–H groups in total. The van der Waals surface area contributed by atoms with Crippen molar-refractivity contribution in [3.63, 3.8) is 0 Å². The number of halogens is 2. The van der Waals surface area contributed by atoms with Crippen LogP contribution in [0.3, 0.4) is 0 Å². The number of aromatic amines is 1. The molecule has 0 radical (unpaired) electrons. The van der Waals surface area contributed by atoms with Crippen molar-refractivity contribution in [3.8, 4) is 22.6 Å². The summed E-state index contributed by atoms with van der Waals surface area (Å²) >= 11 is 6.29. The quantitative estimate of drug-likeness (QED) is 0.326. The lowest BCUT2D eigenvalue weighted by atomic mass is 10.1. The van der Waals surface area contributed by atoms with Gasteiger partial charge >= 0.3 is 0 Å². The van der Waals surface area contributed by atoms with E-state index in [9.17, 15) is 14.5 Å². The predicted octanol–water partition coefficient (Wildman–Crippen LogP) is 4.80. The Kier molecular flexibility index (Phi) is 5.54. The van der Waals surface area contributed by atoms with E-state index in [2.05, 4.69) is 30.2 Å². The van der Waals surface area contributed by atoms with Gasteiger partial charge in [0.15, 0.2) is 5.82 Å². The summed E-state index contributed by atoms with van der Waals surface area (Å²) in [6.45, 7) is 1.82. The second-order valence-electron chi connectivity index (χ2n) is 6.58. The van der Waals surface area contributed by atoms with Gasteiger partial charge in [0.2, 0.25) is 0 Å². The molecule has 31 heavy (non-hydrogen) atoms. The Morgan fingerprint density at radius 3 is 2.65 bits per heavy atom. The Morgan fingerprint density at radius 1 is 1.16 bits per heavy atom. The highest BCUT2D eigenvalue weighted by Crippen LogP contribution is 2.34. The average molecular weight is 440 g/mol. The van der Waals surface area contributed by atoms with Gasteiger partial charge in [-0.2, -0.15) is 0 Å². The molecule has 0 aliphatic carbocycles. The Hall–Kier alpha value is -3.92. The first-order chi connectivity index (χ1) is 14.9. The molecule has 1 aromatic carbocycles. The number of hydrogen-bond acceptors (Lipinski definition) is 7. The molecule has 0 saturated heterocycles. The molecule has 0 spiro atoms. The maximum atomic E-state index is 13.6. The Labute approximate surface area is 180 Å². The minimum absolute atomic E-state index is 0.106. The molecule has 0 saturated carbocycles. The first kappa shape index (κ1) is 20.4. The van der Waals surface area contributed by atoms with Crippen LogP contribution in [0.15, 0.2) is 55.1 Å². The van der Waals surface area contributed by atoms with Gasteiger partial charge in [0.05, 0.1) is 27.2 Å². The number of aromatic nitrogens is 5. The number of nitro groups is 1. The van der Waals surface area contributed by atoms with Crippen LogP contribution in [0, 0.1) is 15.9 Å². The van der Waals surface area contributed by atoms with Gasteiger partial charge in [-0.05, 0) is 31.2 Å². The molecule has 0 fully saturated rings. The molecule has 0 aliphatic rings. The molecule has 4 rings (SSSR count). The maximum absolute atomic E-state index is 13.6. The van der Waals surface area contributed by atoms with Crippen molar-refractivity contribution in [2.24, 2.45) is 0 Å². The summed E-state index contributed by atoms with van der Waals surface area (Å²) in [7, 11) is 0. The zero-order valence-corrected chi connectivity index (χ0v) is 16.8. The number of hydrogen-bond donors (Lipinski definition) is 2. The van der Waals surface area contributed by atoms with Crippen LogP contribution in [0.4, 0.5) is 15.9 Å². The van der Waals surface area contributed by atoms with E-state index in [4.69, 9.17) is 11.6 Å². The number of pyridine rings is 1. The smallest absolute Gasteiger partial charge is 0.287 e. The number of rotatable bonds is 6. The zero-order valence-electron chi connectivity index (χ0n) is 16.1. The standard InChI is InChI=1S/C20H15ClFN7O2/c1-11(27-17-5-3-13(9-25-17)29(30)31)19-26-10-15(20-23-6-7-24-20)18(28-19)14-4-2-12(22)8-16(14)21/h2-11H,1H3,(H,23,24)(H,25,27). The number of benzene rings is 1. The molecule has 3 aromatic heterocycles. The molecule has 3 heterocycles. The van der Waals surface area contributed by atoms with Crippen LogP contribution in [0.2, 0.25) is 5.02 Å². The monoisotopic (exact) mass is 439 g/mol. The fraction of sp³-hybridized carbons (Fsp3) is 0.100. The van der Waals surface area contributed by atoms with Crippen LogP contribution in [0.5, 0.6) is 0 Å². The van der Waals surface area contributed by atoms with Crippen molar-refractivity contribution < 1.29 is 9.31 Å². The normalized spacial score (nSPS) is 11.8. The molecular formula is C20H15ClFN7O2. The van der Waals surface area contributed by atoms with Gasteiger partial charge in [-0.3, -0.25) is 10.1 Å². The van der Waals surface area contributed by atoms with E-state index in [-0.39, 0.29) is 10.7 Å². The third kappa shape index (κ3) is 4.33. The predicted molar refractivity (Wildman–Crippen MR) is 113 cm³/mol. The zero-order chi connectivity index (χ0) is 22.0. The Balaban J connectivity index is 1.71. The topological polar surface area (TPSA) is 123 Å². The lowest BCUT2D eigenvalue weighted by molar-refractivity contribution is -0.385. The Bertz CT molecular complexity index is 1230. The first-order valence-corrected chi connectivity index (χ1v) is 9.49. The largest absolute Gasteiger partial charge is 0.360 e. The number of H-pyrrole nitrogens is 1. The minimum atomic E-state index is -0.518. The summed E-state index contributed by atoms with van der Waals surface area (Å²) in [5.74, 6) is 0.936. The molecule has 11 heteroatoms. The average Bonchev–Trinajstić information content (AvgIpc) is 3.28. The molecule has 4 aromatic rings. The summed E-state index contributed by atoms with van der Waals surface area (Å²) in [5.41, 5.74) is 1.50. The molecule has 1 unspecified atom stereocenters. The van der Waals surface area contributed by atoms with E-state index in [0.29, 0.717) is 34.3 Å². The number of anilines is 1. The van der Waals surface area contributed by atoms with Crippen LogP contribution in [0.1, 0.15) is 18.8 Å². The van der Waals surface area contributed by atoms with E-state index in [1.807, 2.05) is 6.92 Å². The lowest BCUT2D eigenvalue weighted by Crippen LogP contribution is -2.12. The van der Waals surface area contributed by atoms with Crippen molar-refractivity contribution in [3.05, 3.63) is 81.9 Å². The second kappa shape index (κ2) is 8.44.